The molecule has 0 bridgehead atoms. The molecule has 3 nitrogen and oxygen atoms in total. The fourth-order valence-electron chi connectivity index (χ4n) is 3.19. The van der Waals surface area contributed by atoms with Gasteiger partial charge in [0.2, 0.25) is 0 Å². The van der Waals surface area contributed by atoms with Crippen molar-refractivity contribution < 1.29 is 14.2 Å². The monoisotopic (exact) mass is 290 g/mol. The van der Waals surface area contributed by atoms with E-state index in [0.29, 0.717) is 19.3 Å². The fraction of sp³-hybridized carbons (Fsp3) is 0.667. The Morgan fingerprint density at radius 3 is 2.57 bits per heavy atom. The van der Waals surface area contributed by atoms with Crippen molar-refractivity contribution >= 4 is 0 Å². The minimum absolute atomic E-state index is 0.00146. The van der Waals surface area contributed by atoms with Crippen molar-refractivity contribution in [2.75, 3.05) is 6.61 Å². The van der Waals surface area contributed by atoms with E-state index in [1.165, 1.54) is 37.7 Å². The molecular formula is C18H26O3. The van der Waals surface area contributed by atoms with E-state index in [-0.39, 0.29) is 12.4 Å². The van der Waals surface area contributed by atoms with Crippen LogP contribution in [0.2, 0.25) is 0 Å². The summed E-state index contributed by atoms with van der Waals surface area (Å²) in [6.45, 7) is 1.33. The summed E-state index contributed by atoms with van der Waals surface area (Å²) in [5, 5.41) is 0. The van der Waals surface area contributed by atoms with Gasteiger partial charge in [0.15, 0.2) is 6.29 Å². The van der Waals surface area contributed by atoms with Crippen LogP contribution in [0.3, 0.4) is 0 Å². The van der Waals surface area contributed by atoms with Gasteiger partial charge in [0.05, 0.1) is 25.4 Å². The van der Waals surface area contributed by atoms with Crippen molar-refractivity contribution in [3.05, 3.63) is 35.9 Å². The summed E-state index contributed by atoms with van der Waals surface area (Å²) in [5.74, 6) is 0. The lowest BCUT2D eigenvalue weighted by molar-refractivity contribution is -0.175. The molecule has 2 atom stereocenters. The molecule has 1 saturated carbocycles. The van der Waals surface area contributed by atoms with E-state index >= 15 is 0 Å². The van der Waals surface area contributed by atoms with Crippen molar-refractivity contribution in [2.45, 2.75) is 70.1 Å². The summed E-state index contributed by atoms with van der Waals surface area (Å²) < 4.78 is 17.8. The number of hydrogen-bond acceptors (Lipinski definition) is 3. The maximum absolute atomic E-state index is 6.07. The van der Waals surface area contributed by atoms with Crippen molar-refractivity contribution in [1.82, 2.24) is 0 Å². The van der Waals surface area contributed by atoms with Gasteiger partial charge in [0.25, 0.3) is 0 Å². The van der Waals surface area contributed by atoms with E-state index in [0.717, 1.165) is 12.8 Å². The van der Waals surface area contributed by atoms with Crippen molar-refractivity contribution in [3.8, 4) is 0 Å². The van der Waals surface area contributed by atoms with Crippen LogP contribution in [0, 0.1) is 0 Å². The molecule has 1 aromatic carbocycles. The van der Waals surface area contributed by atoms with Gasteiger partial charge in [0.1, 0.15) is 0 Å². The first-order valence-electron chi connectivity index (χ1n) is 8.33. The van der Waals surface area contributed by atoms with Gasteiger partial charge in [-0.05, 0) is 24.8 Å². The van der Waals surface area contributed by atoms with Crippen LogP contribution < -0.4 is 0 Å². The van der Waals surface area contributed by atoms with E-state index in [2.05, 4.69) is 12.1 Å². The van der Waals surface area contributed by atoms with Gasteiger partial charge in [0, 0.05) is 6.42 Å². The summed E-state index contributed by atoms with van der Waals surface area (Å²) in [4.78, 5) is 0. The average Bonchev–Trinajstić information content (AvgIpc) is 2.97. The first-order chi connectivity index (χ1) is 10.4. The Kier molecular flexibility index (Phi) is 5.67. The molecule has 0 radical (unpaired) electrons. The molecule has 3 heteroatoms. The Morgan fingerprint density at radius 1 is 0.952 bits per heavy atom. The third kappa shape index (κ3) is 4.80. The molecule has 3 rings (SSSR count). The SMILES string of the molecule is c1ccc(COC[C@@H]2CC[C@H](OC3CCCCC3)O2)cc1. The lowest BCUT2D eigenvalue weighted by atomic mass is 9.98. The zero-order chi connectivity index (χ0) is 14.3. The minimum atomic E-state index is -0.00146. The number of benzene rings is 1. The molecule has 2 aliphatic rings. The summed E-state index contributed by atoms with van der Waals surface area (Å²) in [6, 6.07) is 10.3. The first-order valence-corrected chi connectivity index (χ1v) is 8.33. The quantitative estimate of drug-likeness (QED) is 0.791. The second kappa shape index (κ2) is 7.92. The van der Waals surface area contributed by atoms with Crippen LogP contribution in [0.15, 0.2) is 30.3 Å². The summed E-state index contributed by atoms with van der Waals surface area (Å²) in [6.07, 6.45) is 9.06. The lowest BCUT2D eigenvalue weighted by Crippen LogP contribution is -2.25. The topological polar surface area (TPSA) is 27.7 Å². The summed E-state index contributed by atoms with van der Waals surface area (Å²) >= 11 is 0. The molecule has 0 spiro atoms. The Bertz CT molecular complexity index is 400. The van der Waals surface area contributed by atoms with Crippen LogP contribution in [0.4, 0.5) is 0 Å². The molecule has 0 amide bonds. The smallest absolute Gasteiger partial charge is 0.158 e. The highest BCUT2D eigenvalue weighted by molar-refractivity contribution is 5.13. The molecule has 0 aromatic heterocycles. The van der Waals surface area contributed by atoms with Gasteiger partial charge in [-0.15, -0.1) is 0 Å². The maximum atomic E-state index is 6.07. The number of hydrogen-bond donors (Lipinski definition) is 0. The predicted molar refractivity (Wildman–Crippen MR) is 82.0 cm³/mol. The molecule has 0 unspecified atom stereocenters. The standard InChI is InChI=1S/C18H26O3/c1-3-7-15(8-4-1)13-19-14-17-11-12-18(21-17)20-16-9-5-2-6-10-16/h1,3-4,7-8,16-18H,2,5-6,9-14H2/t17-,18+/m0/s1. The molecule has 21 heavy (non-hydrogen) atoms. The first kappa shape index (κ1) is 15.0. The highest BCUT2D eigenvalue weighted by atomic mass is 16.7. The van der Waals surface area contributed by atoms with Gasteiger partial charge in [-0.2, -0.15) is 0 Å². The van der Waals surface area contributed by atoms with Crippen LogP contribution in [-0.2, 0) is 20.8 Å². The van der Waals surface area contributed by atoms with E-state index in [1.54, 1.807) is 0 Å². The van der Waals surface area contributed by atoms with Gasteiger partial charge < -0.3 is 14.2 Å². The molecule has 1 saturated heterocycles. The number of ether oxygens (including phenoxy) is 3. The van der Waals surface area contributed by atoms with E-state index in [1.807, 2.05) is 18.2 Å². The highest BCUT2D eigenvalue weighted by Crippen LogP contribution is 2.27. The highest BCUT2D eigenvalue weighted by Gasteiger charge is 2.28. The molecule has 1 aliphatic carbocycles. The zero-order valence-electron chi connectivity index (χ0n) is 12.7. The Balaban J connectivity index is 1.33. The molecule has 116 valence electrons. The fourth-order valence-corrected chi connectivity index (χ4v) is 3.19. The summed E-state index contributed by atoms with van der Waals surface area (Å²) in [7, 11) is 0. The Morgan fingerprint density at radius 2 is 1.76 bits per heavy atom. The largest absolute Gasteiger partial charge is 0.374 e. The Labute approximate surface area is 127 Å². The van der Waals surface area contributed by atoms with Crippen molar-refractivity contribution in [2.24, 2.45) is 0 Å². The molecular weight excluding hydrogens is 264 g/mol. The van der Waals surface area contributed by atoms with E-state index in [9.17, 15) is 0 Å². The Hall–Kier alpha value is -0.900. The third-order valence-electron chi connectivity index (χ3n) is 4.38. The zero-order valence-corrected chi connectivity index (χ0v) is 12.7. The number of rotatable bonds is 6. The van der Waals surface area contributed by atoms with Crippen LogP contribution in [-0.4, -0.2) is 25.1 Å². The van der Waals surface area contributed by atoms with Crippen molar-refractivity contribution in [3.63, 3.8) is 0 Å². The predicted octanol–water partition coefficient (Wildman–Crippen LogP) is 4.06. The molecule has 1 aromatic rings. The average molecular weight is 290 g/mol. The van der Waals surface area contributed by atoms with Gasteiger partial charge in [-0.1, -0.05) is 49.6 Å². The van der Waals surface area contributed by atoms with Gasteiger partial charge in [-0.25, -0.2) is 0 Å². The maximum Gasteiger partial charge on any atom is 0.158 e. The van der Waals surface area contributed by atoms with Crippen LogP contribution >= 0.6 is 0 Å². The molecule has 1 heterocycles. The lowest BCUT2D eigenvalue weighted by Gasteiger charge is -2.25. The molecule has 1 aliphatic heterocycles. The van der Waals surface area contributed by atoms with E-state index in [4.69, 9.17) is 14.2 Å². The van der Waals surface area contributed by atoms with Gasteiger partial charge in [-0.3, -0.25) is 0 Å². The van der Waals surface area contributed by atoms with Crippen LogP contribution in [0.25, 0.3) is 0 Å². The molecule has 2 fully saturated rings. The second-order valence-corrected chi connectivity index (χ2v) is 6.16. The normalized spacial score (nSPS) is 27.0. The van der Waals surface area contributed by atoms with Crippen LogP contribution in [0.1, 0.15) is 50.5 Å². The van der Waals surface area contributed by atoms with Crippen LogP contribution in [0.5, 0.6) is 0 Å². The second-order valence-electron chi connectivity index (χ2n) is 6.16. The van der Waals surface area contributed by atoms with Gasteiger partial charge >= 0.3 is 0 Å². The third-order valence-corrected chi connectivity index (χ3v) is 4.38. The van der Waals surface area contributed by atoms with E-state index < -0.39 is 0 Å². The summed E-state index contributed by atoms with van der Waals surface area (Å²) in [5.41, 5.74) is 1.21. The van der Waals surface area contributed by atoms with Crippen molar-refractivity contribution in [1.29, 1.82) is 0 Å². The molecule has 0 N–H and O–H groups in total. The minimum Gasteiger partial charge on any atom is -0.374 e.